The smallest absolute Gasteiger partial charge is 0.341 e. The van der Waals surface area contributed by atoms with Crippen LogP contribution in [0, 0.1) is 16.7 Å². The van der Waals surface area contributed by atoms with Gasteiger partial charge in [0.2, 0.25) is 0 Å². The number of rotatable bonds is 7. The Morgan fingerprint density at radius 3 is 2.71 bits per heavy atom. The lowest BCUT2D eigenvalue weighted by atomic mass is 9.89. The maximum absolute atomic E-state index is 12.0. The number of hydrogen-bond acceptors (Lipinski definition) is 5. The van der Waals surface area contributed by atoms with Gasteiger partial charge in [-0.25, -0.2) is 4.79 Å². The summed E-state index contributed by atoms with van der Waals surface area (Å²) in [4.78, 5) is 12.0. The van der Waals surface area contributed by atoms with Gasteiger partial charge in [0.15, 0.2) is 0 Å². The zero-order valence-electron chi connectivity index (χ0n) is 12.8. The number of esters is 1. The van der Waals surface area contributed by atoms with Gasteiger partial charge < -0.3 is 15.2 Å². The van der Waals surface area contributed by atoms with E-state index in [4.69, 9.17) is 20.5 Å². The van der Waals surface area contributed by atoms with Crippen molar-refractivity contribution in [1.29, 1.82) is 5.26 Å². The van der Waals surface area contributed by atoms with E-state index in [1.54, 1.807) is 18.2 Å². The van der Waals surface area contributed by atoms with Crippen molar-refractivity contribution in [2.24, 2.45) is 5.41 Å². The number of nitriles is 1. The van der Waals surface area contributed by atoms with Gasteiger partial charge in [0.1, 0.15) is 11.3 Å². The lowest BCUT2D eigenvalue weighted by molar-refractivity contribution is 0.0492. The van der Waals surface area contributed by atoms with Crippen LogP contribution < -0.4 is 10.5 Å². The summed E-state index contributed by atoms with van der Waals surface area (Å²) in [6.07, 6.45) is 2.34. The first-order valence-electron chi connectivity index (χ1n) is 6.91. The van der Waals surface area contributed by atoms with E-state index >= 15 is 0 Å². The molecule has 0 aliphatic heterocycles. The normalized spacial score (nSPS) is 10.8. The fourth-order valence-electron chi connectivity index (χ4n) is 1.85. The highest BCUT2D eigenvalue weighted by Gasteiger charge is 2.16. The summed E-state index contributed by atoms with van der Waals surface area (Å²) in [7, 11) is 1.49. The van der Waals surface area contributed by atoms with Crippen LogP contribution in [-0.2, 0) is 4.74 Å². The lowest BCUT2D eigenvalue weighted by Crippen LogP contribution is -2.11. The Hall–Kier alpha value is -2.22. The number of methoxy groups -OCH3 is 1. The monoisotopic (exact) mass is 290 g/mol. The van der Waals surface area contributed by atoms with E-state index in [2.05, 4.69) is 6.07 Å². The van der Waals surface area contributed by atoms with Gasteiger partial charge in [-0.15, -0.1) is 0 Å². The number of hydrogen-bond donors (Lipinski definition) is 1. The number of benzene rings is 1. The van der Waals surface area contributed by atoms with Crippen LogP contribution in [0.4, 0.5) is 5.69 Å². The predicted molar refractivity (Wildman–Crippen MR) is 80.9 cm³/mol. The molecule has 1 rings (SSSR count). The standard InChI is InChI=1S/C16H22N2O3/c1-16(2,11-17)8-4-5-9-21-15(19)13-10-12(18)6-7-14(13)20-3/h6-7,10H,4-5,8-9,18H2,1-3H3. The molecule has 0 aromatic heterocycles. The van der Waals surface area contributed by atoms with Gasteiger partial charge in [-0.1, -0.05) is 0 Å². The maximum atomic E-state index is 12.0. The SMILES string of the molecule is COc1ccc(N)cc1C(=O)OCCCCC(C)(C)C#N. The van der Waals surface area contributed by atoms with E-state index in [-0.39, 0.29) is 5.41 Å². The second kappa shape index (κ2) is 7.53. The van der Waals surface area contributed by atoms with Crippen LogP contribution in [-0.4, -0.2) is 19.7 Å². The van der Waals surface area contributed by atoms with Crippen LogP contribution in [0.25, 0.3) is 0 Å². The molecule has 0 spiro atoms. The highest BCUT2D eigenvalue weighted by atomic mass is 16.5. The van der Waals surface area contributed by atoms with Crippen molar-refractivity contribution in [3.8, 4) is 11.8 Å². The molecule has 1 aromatic rings. The number of nitrogen functional groups attached to an aromatic ring is 1. The van der Waals surface area contributed by atoms with Crippen LogP contribution in [0.15, 0.2) is 18.2 Å². The minimum atomic E-state index is -0.446. The van der Waals surface area contributed by atoms with Crippen molar-refractivity contribution < 1.29 is 14.3 Å². The molecule has 1 aromatic carbocycles. The summed E-state index contributed by atoms with van der Waals surface area (Å²) in [5.74, 6) is -0.00138. The van der Waals surface area contributed by atoms with Gasteiger partial charge in [0, 0.05) is 5.69 Å². The first-order chi connectivity index (χ1) is 9.89. The molecule has 114 valence electrons. The number of nitrogens with two attached hydrogens (primary N) is 1. The number of unbranched alkanes of at least 4 members (excludes halogenated alkanes) is 1. The molecule has 21 heavy (non-hydrogen) atoms. The van der Waals surface area contributed by atoms with Crippen LogP contribution >= 0.6 is 0 Å². The van der Waals surface area contributed by atoms with E-state index < -0.39 is 5.97 Å². The molecule has 5 nitrogen and oxygen atoms in total. The number of ether oxygens (including phenoxy) is 2. The minimum absolute atomic E-state index is 0.318. The van der Waals surface area contributed by atoms with E-state index in [9.17, 15) is 4.79 Å². The molecule has 0 fully saturated rings. The Labute approximate surface area is 125 Å². The Balaban J connectivity index is 2.45. The fraction of sp³-hybridized carbons (Fsp3) is 0.500. The van der Waals surface area contributed by atoms with Crippen molar-refractivity contribution in [3.63, 3.8) is 0 Å². The molecule has 0 radical (unpaired) electrons. The summed E-state index contributed by atoms with van der Waals surface area (Å²) in [5.41, 5.74) is 6.15. The zero-order chi connectivity index (χ0) is 15.9. The van der Waals surface area contributed by atoms with Crippen molar-refractivity contribution >= 4 is 11.7 Å². The molecule has 0 atom stereocenters. The number of carbonyl (C=O) groups is 1. The number of anilines is 1. The van der Waals surface area contributed by atoms with Gasteiger partial charge in [0.05, 0.1) is 25.2 Å². The maximum Gasteiger partial charge on any atom is 0.341 e. The molecular weight excluding hydrogens is 268 g/mol. The van der Waals surface area contributed by atoms with E-state index in [0.29, 0.717) is 23.6 Å². The Morgan fingerprint density at radius 2 is 2.10 bits per heavy atom. The predicted octanol–water partition coefficient (Wildman–Crippen LogP) is 3.15. The Kier molecular flexibility index (Phi) is 6.04. The average molecular weight is 290 g/mol. The molecule has 0 saturated heterocycles. The van der Waals surface area contributed by atoms with Crippen LogP contribution in [0.3, 0.4) is 0 Å². The minimum Gasteiger partial charge on any atom is -0.496 e. The molecule has 0 aliphatic rings. The summed E-state index contributed by atoms with van der Waals surface area (Å²) < 4.78 is 10.3. The lowest BCUT2D eigenvalue weighted by Gasteiger charge is -2.14. The van der Waals surface area contributed by atoms with E-state index in [1.165, 1.54) is 7.11 Å². The average Bonchev–Trinajstić information content (AvgIpc) is 2.46. The third kappa shape index (κ3) is 5.35. The molecule has 0 amide bonds. The van der Waals surface area contributed by atoms with Crippen LogP contribution in [0.1, 0.15) is 43.5 Å². The van der Waals surface area contributed by atoms with Crippen LogP contribution in [0.2, 0.25) is 0 Å². The van der Waals surface area contributed by atoms with Gasteiger partial charge in [-0.05, 0) is 51.3 Å². The summed E-state index contributed by atoms with van der Waals surface area (Å²) >= 11 is 0. The topological polar surface area (TPSA) is 85.3 Å². The van der Waals surface area contributed by atoms with Gasteiger partial charge in [-0.2, -0.15) is 5.26 Å². The van der Waals surface area contributed by atoms with Gasteiger partial charge >= 0.3 is 5.97 Å². The third-order valence-corrected chi connectivity index (χ3v) is 3.18. The van der Waals surface area contributed by atoms with Gasteiger partial charge in [-0.3, -0.25) is 0 Å². The van der Waals surface area contributed by atoms with E-state index in [1.807, 2.05) is 13.8 Å². The molecule has 0 aliphatic carbocycles. The number of carbonyl (C=O) groups excluding carboxylic acids is 1. The summed E-state index contributed by atoms with van der Waals surface area (Å²) in [5, 5.41) is 8.91. The van der Waals surface area contributed by atoms with E-state index in [0.717, 1.165) is 19.3 Å². The molecule has 0 bridgehead atoms. The first kappa shape index (κ1) is 16.8. The van der Waals surface area contributed by atoms with Crippen molar-refractivity contribution in [2.75, 3.05) is 19.5 Å². The highest BCUT2D eigenvalue weighted by Crippen LogP contribution is 2.23. The van der Waals surface area contributed by atoms with Crippen molar-refractivity contribution in [3.05, 3.63) is 23.8 Å². The fourth-order valence-corrected chi connectivity index (χ4v) is 1.85. The Bertz CT molecular complexity index is 533. The molecule has 0 unspecified atom stereocenters. The summed E-state index contributed by atoms with van der Waals surface area (Å²) in [6, 6.07) is 7.10. The second-order valence-corrected chi connectivity index (χ2v) is 5.55. The molecule has 2 N–H and O–H groups in total. The Morgan fingerprint density at radius 1 is 1.38 bits per heavy atom. The van der Waals surface area contributed by atoms with Gasteiger partial charge in [0.25, 0.3) is 0 Å². The molecule has 0 saturated carbocycles. The van der Waals surface area contributed by atoms with Crippen molar-refractivity contribution in [2.45, 2.75) is 33.1 Å². The highest BCUT2D eigenvalue weighted by molar-refractivity contribution is 5.93. The number of nitrogens with zero attached hydrogens (tertiary/aromatic N) is 1. The van der Waals surface area contributed by atoms with Crippen molar-refractivity contribution in [1.82, 2.24) is 0 Å². The summed E-state index contributed by atoms with van der Waals surface area (Å²) in [6.45, 7) is 4.12. The molecular formula is C16H22N2O3. The third-order valence-electron chi connectivity index (χ3n) is 3.18. The largest absolute Gasteiger partial charge is 0.496 e. The second-order valence-electron chi connectivity index (χ2n) is 5.55. The molecule has 0 heterocycles. The first-order valence-corrected chi connectivity index (χ1v) is 6.91. The molecule has 5 heteroatoms. The van der Waals surface area contributed by atoms with Crippen LogP contribution in [0.5, 0.6) is 5.75 Å². The zero-order valence-corrected chi connectivity index (χ0v) is 12.8. The quantitative estimate of drug-likeness (QED) is 0.473.